The van der Waals surface area contributed by atoms with Gasteiger partial charge in [-0.05, 0) is 29.7 Å². The lowest BCUT2D eigenvalue weighted by Crippen LogP contribution is -1.97. The van der Waals surface area contributed by atoms with Crippen LogP contribution in [0.2, 0.25) is 0 Å². The monoisotopic (exact) mass is 233 g/mol. The summed E-state index contributed by atoms with van der Waals surface area (Å²) in [6.45, 7) is 0. The SMILES string of the molecule is C1=CC(Cc2ccccn2)C=C1c1ccccc1. The standard InChI is InChI=1S/C17H15N/c1-2-6-15(7-3-1)16-10-9-14(12-16)13-17-8-4-5-11-18-17/h1-12,14H,13H2. The zero-order valence-electron chi connectivity index (χ0n) is 10.2. The molecule has 0 saturated heterocycles. The lowest BCUT2D eigenvalue weighted by Gasteiger charge is -2.04. The zero-order valence-corrected chi connectivity index (χ0v) is 10.2. The minimum Gasteiger partial charge on any atom is -0.261 e. The summed E-state index contributed by atoms with van der Waals surface area (Å²) in [7, 11) is 0. The van der Waals surface area contributed by atoms with Crippen LogP contribution in [-0.2, 0) is 6.42 Å². The number of benzene rings is 1. The van der Waals surface area contributed by atoms with Crippen molar-refractivity contribution in [1.29, 1.82) is 0 Å². The number of rotatable bonds is 3. The Balaban J connectivity index is 1.75. The van der Waals surface area contributed by atoms with Crippen LogP contribution in [0.1, 0.15) is 11.3 Å². The summed E-state index contributed by atoms with van der Waals surface area (Å²) in [4.78, 5) is 4.38. The summed E-state index contributed by atoms with van der Waals surface area (Å²) < 4.78 is 0. The van der Waals surface area contributed by atoms with Crippen molar-refractivity contribution in [3.05, 3.63) is 84.2 Å². The molecule has 1 aromatic heterocycles. The molecule has 0 radical (unpaired) electrons. The Kier molecular flexibility index (Phi) is 3.05. The first kappa shape index (κ1) is 11.0. The summed E-state index contributed by atoms with van der Waals surface area (Å²) >= 11 is 0. The molecule has 0 aliphatic heterocycles. The average Bonchev–Trinajstić information content (AvgIpc) is 2.89. The fraction of sp³-hybridized carbons (Fsp3) is 0.118. The summed E-state index contributed by atoms with van der Waals surface area (Å²) in [5.41, 5.74) is 3.76. The lowest BCUT2D eigenvalue weighted by molar-refractivity contribution is 0.791. The van der Waals surface area contributed by atoms with Gasteiger partial charge in [0.05, 0.1) is 0 Å². The molecule has 1 aromatic carbocycles. The van der Waals surface area contributed by atoms with Crippen molar-refractivity contribution in [2.75, 3.05) is 0 Å². The summed E-state index contributed by atoms with van der Waals surface area (Å²) in [5.74, 6) is 0.468. The van der Waals surface area contributed by atoms with Gasteiger partial charge in [-0.15, -0.1) is 0 Å². The molecule has 0 spiro atoms. The van der Waals surface area contributed by atoms with Gasteiger partial charge in [-0.2, -0.15) is 0 Å². The van der Waals surface area contributed by atoms with E-state index in [1.54, 1.807) is 0 Å². The summed E-state index contributed by atoms with van der Waals surface area (Å²) in [6.07, 6.45) is 9.63. The Morgan fingerprint density at radius 3 is 2.56 bits per heavy atom. The van der Waals surface area contributed by atoms with E-state index in [0.717, 1.165) is 12.1 Å². The third kappa shape index (κ3) is 2.40. The van der Waals surface area contributed by atoms with E-state index in [-0.39, 0.29) is 0 Å². The van der Waals surface area contributed by atoms with Gasteiger partial charge in [0.15, 0.2) is 0 Å². The number of aromatic nitrogens is 1. The van der Waals surface area contributed by atoms with Gasteiger partial charge in [0.2, 0.25) is 0 Å². The first-order chi connectivity index (χ1) is 8.92. The molecule has 1 unspecified atom stereocenters. The molecule has 0 saturated carbocycles. The van der Waals surface area contributed by atoms with Crippen LogP contribution >= 0.6 is 0 Å². The predicted molar refractivity (Wildman–Crippen MR) is 75.0 cm³/mol. The molecule has 88 valence electrons. The van der Waals surface area contributed by atoms with Gasteiger partial charge < -0.3 is 0 Å². The van der Waals surface area contributed by atoms with E-state index in [0.29, 0.717) is 5.92 Å². The third-order valence-electron chi connectivity index (χ3n) is 3.19. The van der Waals surface area contributed by atoms with Crippen molar-refractivity contribution in [1.82, 2.24) is 4.98 Å². The average molecular weight is 233 g/mol. The molecular formula is C17H15N. The van der Waals surface area contributed by atoms with Gasteiger partial charge >= 0.3 is 0 Å². The van der Waals surface area contributed by atoms with E-state index in [4.69, 9.17) is 0 Å². The van der Waals surface area contributed by atoms with E-state index in [1.165, 1.54) is 11.1 Å². The molecule has 1 aliphatic carbocycles. The van der Waals surface area contributed by atoms with Crippen LogP contribution in [0.5, 0.6) is 0 Å². The highest BCUT2D eigenvalue weighted by molar-refractivity contribution is 5.76. The van der Waals surface area contributed by atoms with Crippen LogP contribution in [0.25, 0.3) is 5.57 Å². The first-order valence-electron chi connectivity index (χ1n) is 6.27. The molecule has 0 fully saturated rings. The Labute approximate surface area is 108 Å². The van der Waals surface area contributed by atoms with Crippen molar-refractivity contribution >= 4 is 5.57 Å². The number of hydrogen-bond donors (Lipinski definition) is 0. The molecule has 1 atom stereocenters. The van der Waals surface area contributed by atoms with Gasteiger partial charge in [-0.3, -0.25) is 4.98 Å². The van der Waals surface area contributed by atoms with Gasteiger partial charge in [0.1, 0.15) is 0 Å². The Morgan fingerprint density at radius 1 is 0.944 bits per heavy atom. The molecule has 0 amide bonds. The van der Waals surface area contributed by atoms with Gasteiger partial charge in [0, 0.05) is 17.8 Å². The molecule has 1 heterocycles. The van der Waals surface area contributed by atoms with Crippen LogP contribution in [-0.4, -0.2) is 4.98 Å². The maximum Gasteiger partial charge on any atom is 0.0412 e. The highest BCUT2D eigenvalue weighted by Crippen LogP contribution is 2.26. The maximum atomic E-state index is 4.38. The normalized spacial score (nSPS) is 17.8. The van der Waals surface area contributed by atoms with Crippen LogP contribution in [0.3, 0.4) is 0 Å². The number of allylic oxidation sites excluding steroid dienone is 4. The second-order valence-electron chi connectivity index (χ2n) is 4.54. The third-order valence-corrected chi connectivity index (χ3v) is 3.19. The van der Waals surface area contributed by atoms with Gasteiger partial charge in [0.25, 0.3) is 0 Å². The molecule has 2 aromatic rings. The quantitative estimate of drug-likeness (QED) is 0.783. The smallest absolute Gasteiger partial charge is 0.0412 e. The van der Waals surface area contributed by atoms with Crippen molar-refractivity contribution in [2.24, 2.45) is 5.92 Å². The fourth-order valence-electron chi connectivity index (χ4n) is 2.28. The topological polar surface area (TPSA) is 12.9 Å². The Morgan fingerprint density at radius 2 is 1.78 bits per heavy atom. The highest BCUT2D eigenvalue weighted by Gasteiger charge is 2.11. The van der Waals surface area contributed by atoms with E-state index < -0.39 is 0 Å². The molecule has 3 rings (SSSR count). The molecule has 1 heteroatoms. The van der Waals surface area contributed by atoms with E-state index in [9.17, 15) is 0 Å². The van der Waals surface area contributed by atoms with Crippen molar-refractivity contribution < 1.29 is 0 Å². The van der Waals surface area contributed by atoms with Crippen molar-refractivity contribution in [3.8, 4) is 0 Å². The molecular weight excluding hydrogens is 218 g/mol. The largest absolute Gasteiger partial charge is 0.261 e. The second-order valence-corrected chi connectivity index (χ2v) is 4.54. The van der Waals surface area contributed by atoms with E-state index in [1.807, 2.05) is 24.4 Å². The van der Waals surface area contributed by atoms with Crippen molar-refractivity contribution in [2.45, 2.75) is 6.42 Å². The fourth-order valence-corrected chi connectivity index (χ4v) is 2.28. The zero-order chi connectivity index (χ0) is 12.2. The Hall–Kier alpha value is -2.15. The predicted octanol–water partition coefficient (Wildman–Crippen LogP) is 3.89. The van der Waals surface area contributed by atoms with Crippen LogP contribution in [0.4, 0.5) is 0 Å². The van der Waals surface area contributed by atoms with Crippen molar-refractivity contribution in [3.63, 3.8) is 0 Å². The second kappa shape index (κ2) is 5.01. The van der Waals surface area contributed by atoms with E-state index in [2.05, 4.69) is 53.5 Å². The van der Waals surface area contributed by atoms with Gasteiger partial charge in [-0.1, -0.05) is 54.6 Å². The minimum absolute atomic E-state index is 0.468. The first-order valence-corrected chi connectivity index (χ1v) is 6.27. The van der Waals surface area contributed by atoms with Gasteiger partial charge in [-0.25, -0.2) is 0 Å². The molecule has 18 heavy (non-hydrogen) atoms. The van der Waals surface area contributed by atoms with Crippen LogP contribution < -0.4 is 0 Å². The molecule has 0 N–H and O–H groups in total. The number of pyridine rings is 1. The molecule has 1 aliphatic rings. The summed E-state index contributed by atoms with van der Waals surface area (Å²) in [5, 5.41) is 0. The van der Waals surface area contributed by atoms with E-state index >= 15 is 0 Å². The highest BCUT2D eigenvalue weighted by atomic mass is 14.7. The lowest BCUT2D eigenvalue weighted by atomic mass is 10.0. The Bertz CT molecular complexity index is 567. The molecule has 0 bridgehead atoms. The summed E-state index contributed by atoms with van der Waals surface area (Å²) in [6, 6.07) is 16.6. The van der Waals surface area contributed by atoms with Crippen LogP contribution in [0.15, 0.2) is 73.0 Å². The number of hydrogen-bond acceptors (Lipinski definition) is 1. The number of nitrogens with zero attached hydrogens (tertiary/aromatic N) is 1. The molecule has 1 nitrogen and oxygen atoms in total. The minimum atomic E-state index is 0.468. The van der Waals surface area contributed by atoms with Crippen LogP contribution in [0, 0.1) is 5.92 Å². The maximum absolute atomic E-state index is 4.38.